The van der Waals surface area contributed by atoms with Crippen molar-refractivity contribution in [2.24, 2.45) is 5.92 Å². The van der Waals surface area contributed by atoms with Crippen LogP contribution < -0.4 is 15.1 Å². The molecule has 0 bridgehead atoms. The van der Waals surface area contributed by atoms with E-state index < -0.39 is 0 Å². The lowest BCUT2D eigenvalue weighted by molar-refractivity contribution is -0.125. The summed E-state index contributed by atoms with van der Waals surface area (Å²) < 4.78 is 5.90. The van der Waals surface area contributed by atoms with Crippen molar-refractivity contribution < 1.29 is 14.4 Å². The minimum Gasteiger partial charge on any atom is -0.493 e. The van der Waals surface area contributed by atoms with E-state index in [0.29, 0.717) is 23.3 Å². The van der Waals surface area contributed by atoms with Gasteiger partial charge in [-0.3, -0.25) is 4.79 Å². The number of nitrogens with one attached hydrogen (secondary N) is 1. The second-order valence-corrected chi connectivity index (χ2v) is 8.66. The molecule has 1 fully saturated rings. The van der Waals surface area contributed by atoms with Crippen molar-refractivity contribution >= 4 is 29.1 Å². The first-order valence-electron chi connectivity index (χ1n) is 10.2. The summed E-state index contributed by atoms with van der Waals surface area (Å²) in [6, 6.07) is 11.2. The number of amides is 1. The van der Waals surface area contributed by atoms with Gasteiger partial charge in [0, 0.05) is 30.1 Å². The Labute approximate surface area is 188 Å². The lowest BCUT2D eigenvalue weighted by atomic mass is 9.98. The fourth-order valence-electron chi connectivity index (χ4n) is 3.77. The van der Waals surface area contributed by atoms with Gasteiger partial charge in [-0.1, -0.05) is 23.2 Å². The van der Waals surface area contributed by atoms with Crippen LogP contribution in [0.3, 0.4) is 0 Å². The third-order valence-electron chi connectivity index (χ3n) is 5.22. The molecule has 3 rings (SSSR count). The number of nitrogens with zero attached hydrogens (tertiary/aromatic N) is 1. The van der Waals surface area contributed by atoms with Gasteiger partial charge in [0.05, 0.1) is 6.61 Å². The van der Waals surface area contributed by atoms with Crippen LogP contribution in [0.15, 0.2) is 36.4 Å². The van der Waals surface area contributed by atoms with Gasteiger partial charge in [0.25, 0.3) is 0 Å². The molecule has 2 aromatic rings. The van der Waals surface area contributed by atoms with Crippen LogP contribution in [0.4, 0.5) is 0 Å². The number of likely N-dealkylation sites (tertiary alicyclic amines) is 1. The van der Waals surface area contributed by atoms with Crippen molar-refractivity contribution in [2.75, 3.05) is 26.2 Å². The van der Waals surface area contributed by atoms with Gasteiger partial charge in [0.2, 0.25) is 5.91 Å². The van der Waals surface area contributed by atoms with Crippen LogP contribution in [0.5, 0.6) is 11.5 Å². The zero-order valence-corrected chi connectivity index (χ0v) is 18.9. The lowest BCUT2D eigenvalue weighted by Gasteiger charge is -2.17. The van der Waals surface area contributed by atoms with Crippen LogP contribution in [-0.2, 0) is 11.2 Å². The van der Waals surface area contributed by atoms with Crippen molar-refractivity contribution in [3.8, 4) is 11.5 Å². The molecule has 0 radical (unpaired) electrons. The first kappa shape index (κ1) is 22.7. The standard InChI is InChI=1S/C23H28Cl2N2O3/c1-16-12-20(24)4-6-22(16)29-11-3-9-27-10-8-18(15-27)13-19-14-21(25)5-7-23(19)30-26-17(2)28/h4-7,12,14,18H,3,8-11,13,15H2,1-2H3,(H,26,28). The minimum absolute atomic E-state index is 0.237. The zero-order chi connectivity index (χ0) is 21.5. The molecule has 1 heterocycles. The fourth-order valence-corrected chi connectivity index (χ4v) is 4.19. The second-order valence-electron chi connectivity index (χ2n) is 7.78. The Hall–Kier alpha value is -1.95. The van der Waals surface area contributed by atoms with Crippen molar-refractivity contribution in [1.29, 1.82) is 0 Å². The molecule has 0 aromatic heterocycles. The average molecular weight is 451 g/mol. The van der Waals surface area contributed by atoms with Gasteiger partial charge < -0.3 is 14.5 Å². The highest BCUT2D eigenvalue weighted by Crippen LogP contribution is 2.29. The van der Waals surface area contributed by atoms with Crippen LogP contribution in [0.25, 0.3) is 0 Å². The van der Waals surface area contributed by atoms with E-state index >= 15 is 0 Å². The first-order valence-corrected chi connectivity index (χ1v) is 11.0. The number of ether oxygens (including phenoxy) is 1. The van der Waals surface area contributed by atoms with E-state index in [-0.39, 0.29) is 5.91 Å². The maximum Gasteiger partial charge on any atom is 0.249 e. The highest BCUT2D eigenvalue weighted by molar-refractivity contribution is 6.31. The first-order chi connectivity index (χ1) is 14.4. The monoisotopic (exact) mass is 450 g/mol. The lowest BCUT2D eigenvalue weighted by Crippen LogP contribution is -2.25. The molecule has 2 aromatic carbocycles. The number of benzene rings is 2. The second kappa shape index (κ2) is 10.9. The summed E-state index contributed by atoms with van der Waals surface area (Å²) in [7, 11) is 0. The molecule has 7 heteroatoms. The molecule has 0 aliphatic carbocycles. The molecule has 1 amide bonds. The van der Waals surface area contributed by atoms with Gasteiger partial charge in [-0.25, -0.2) is 0 Å². The van der Waals surface area contributed by atoms with Crippen molar-refractivity contribution in [3.05, 3.63) is 57.6 Å². The molecule has 1 N–H and O–H groups in total. The summed E-state index contributed by atoms with van der Waals surface area (Å²) in [5.74, 6) is 1.84. The number of halogens is 2. The number of carbonyl (C=O) groups excluding carboxylic acids is 1. The third kappa shape index (κ3) is 6.79. The molecule has 0 spiro atoms. The minimum atomic E-state index is -0.237. The number of hydrogen-bond acceptors (Lipinski definition) is 4. The van der Waals surface area contributed by atoms with E-state index in [9.17, 15) is 4.79 Å². The van der Waals surface area contributed by atoms with Crippen LogP contribution in [0, 0.1) is 12.8 Å². The topological polar surface area (TPSA) is 50.8 Å². The third-order valence-corrected chi connectivity index (χ3v) is 5.69. The molecule has 1 saturated heterocycles. The molecule has 30 heavy (non-hydrogen) atoms. The Morgan fingerprint density at radius 3 is 2.63 bits per heavy atom. The zero-order valence-electron chi connectivity index (χ0n) is 17.4. The van der Waals surface area contributed by atoms with Crippen LogP contribution in [0.2, 0.25) is 10.0 Å². The van der Waals surface area contributed by atoms with Gasteiger partial charge in [-0.05, 0) is 86.2 Å². The predicted molar refractivity (Wildman–Crippen MR) is 120 cm³/mol. The summed E-state index contributed by atoms with van der Waals surface area (Å²) >= 11 is 12.2. The summed E-state index contributed by atoms with van der Waals surface area (Å²) in [4.78, 5) is 19.1. The summed E-state index contributed by atoms with van der Waals surface area (Å²) in [6.45, 7) is 7.23. The Morgan fingerprint density at radius 1 is 1.17 bits per heavy atom. The maximum atomic E-state index is 11.1. The smallest absolute Gasteiger partial charge is 0.249 e. The van der Waals surface area contributed by atoms with E-state index in [1.165, 1.54) is 6.92 Å². The molecule has 1 atom stereocenters. The molecule has 1 aliphatic heterocycles. The van der Waals surface area contributed by atoms with E-state index in [2.05, 4.69) is 10.4 Å². The molecule has 5 nitrogen and oxygen atoms in total. The number of hydrogen-bond donors (Lipinski definition) is 1. The highest BCUT2D eigenvalue weighted by Gasteiger charge is 2.23. The van der Waals surface area contributed by atoms with Crippen LogP contribution in [-0.4, -0.2) is 37.0 Å². The normalized spacial score (nSPS) is 16.5. The predicted octanol–water partition coefficient (Wildman–Crippen LogP) is 5.07. The van der Waals surface area contributed by atoms with Crippen molar-refractivity contribution in [1.82, 2.24) is 10.4 Å². The van der Waals surface area contributed by atoms with E-state index in [1.54, 1.807) is 12.1 Å². The van der Waals surface area contributed by atoms with Gasteiger partial charge in [0.15, 0.2) is 5.75 Å². The van der Waals surface area contributed by atoms with Gasteiger partial charge in [0.1, 0.15) is 5.75 Å². The Balaban J connectivity index is 1.44. The number of aryl methyl sites for hydroxylation is 1. The maximum absolute atomic E-state index is 11.1. The van der Waals surface area contributed by atoms with Crippen molar-refractivity contribution in [2.45, 2.75) is 33.1 Å². The largest absolute Gasteiger partial charge is 0.493 e. The van der Waals surface area contributed by atoms with Crippen molar-refractivity contribution in [3.63, 3.8) is 0 Å². The molecular weight excluding hydrogens is 423 g/mol. The van der Waals surface area contributed by atoms with E-state index in [4.69, 9.17) is 32.8 Å². The summed E-state index contributed by atoms with van der Waals surface area (Å²) in [5.41, 5.74) is 4.47. The Bertz CT molecular complexity index is 876. The number of carbonyl (C=O) groups is 1. The molecule has 1 aliphatic rings. The molecule has 162 valence electrons. The van der Waals surface area contributed by atoms with Crippen LogP contribution >= 0.6 is 23.2 Å². The van der Waals surface area contributed by atoms with Gasteiger partial charge in [-0.15, -0.1) is 0 Å². The van der Waals surface area contributed by atoms with E-state index in [0.717, 1.165) is 60.8 Å². The van der Waals surface area contributed by atoms with Gasteiger partial charge >= 0.3 is 0 Å². The SMILES string of the molecule is CC(=O)NOc1ccc(Cl)cc1CC1CCN(CCCOc2ccc(Cl)cc2C)C1. The van der Waals surface area contributed by atoms with Gasteiger partial charge in [-0.2, -0.15) is 5.48 Å². The molecular formula is C23H28Cl2N2O3. The average Bonchev–Trinajstić information content (AvgIpc) is 3.13. The summed E-state index contributed by atoms with van der Waals surface area (Å²) in [5, 5.41) is 1.40. The number of rotatable bonds is 9. The Morgan fingerprint density at radius 2 is 1.90 bits per heavy atom. The Kier molecular flexibility index (Phi) is 8.25. The van der Waals surface area contributed by atoms with E-state index in [1.807, 2.05) is 31.2 Å². The number of hydroxylamine groups is 1. The molecule has 1 unspecified atom stereocenters. The quantitative estimate of drug-likeness (QED) is 0.428. The highest BCUT2D eigenvalue weighted by atomic mass is 35.5. The molecule has 0 saturated carbocycles. The summed E-state index contributed by atoms with van der Waals surface area (Å²) in [6.07, 6.45) is 2.97. The van der Waals surface area contributed by atoms with Crippen LogP contribution in [0.1, 0.15) is 30.9 Å². The fraction of sp³-hybridized carbons (Fsp3) is 0.435.